The summed E-state index contributed by atoms with van der Waals surface area (Å²) in [5.74, 6) is 0.438. The predicted molar refractivity (Wildman–Crippen MR) is 80.5 cm³/mol. The van der Waals surface area contributed by atoms with E-state index in [0.717, 1.165) is 23.4 Å². The van der Waals surface area contributed by atoms with E-state index in [1.165, 1.54) is 24.0 Å². The molecular weight excluding hydrogens is 254 g/mol. The number of aromatic nitrogens is 1. The van der Waals surface area contributed by atoms with Gasteiger partial charge in [0.05, 0.1) is 20.8 Å². The molecule has 0 spiro atoms. The molecule has 1 N–H and O–H groups in total. The molecule has 1 aromatic carbocycles. The van der Waals surface area contributed by atoms with E-state index in [1.807, 2.05) is 25.1 Å². The van der Waals surface area contributed by atoms with Crippen molar-refractivity contribution in [2.24, 2.45) is 5.92 Å². The summed E-state index contributed by atoms with van der Waals surface area (Å²) < 4.78 is 1.22. The van der Waals surface area contributed by atoms with E-state index in [0.29, 0.717) is 12.3 Å². The zero-order valence-electron chi connectivity index (χ0n) is 11.4. The van der Waals surface area contributed by atoms with Gasteiger partial charge in [0.1, 0.15) is 0 Å². The summed E-state index contributed by atoms with van der Waals surface area (Å²) in [4.78, 5) is 4.65. The Morgan fingerprint density at radius 3 is 2.74 bits per heavy atom. The molecule has 1 fully saturated rings. The van der Waals surface area contributed by atoms with Gasteiger partial charge in [-0.05, 0) is 37.8 Å². The van der Waals surface area contributed by atoms with Gasteiger partial charge >= 0.3 is 0 Å². The van der Waals surface area contributed by atoms with Crippen LogP contribution in [0.5, 0.6) is 0 Å². The van der Waals surface area contributed by atoms with Gasteiger partial charge < -0.3 is 5.11 Å². The molecule has 0 aliphatic heterocycles. The van der Waals surface area contributed by atoms with Crippen LogP contribution in [0.2, 0.25) is 0 Å². The Morgan fingerprint density at radius 1 is 1.26 bits per heavy atom. The van der Waals surface area contributed by atoms with Gasteiger partial charge in [0.2, 0.25) is 0 Å². The molecule has 2 nitrogen and oxygen atoms in total. The summed E-state index contributed by atoms with van der Waals surface area (Å²) in [6.07, 6.45) is 6.88. The Balaban J connectivity index is 1.78. The maximum Gasteiger partial charge on any atom is 0.0967 e. The minimum Gasteiger partial charge on any atom is -0.389 e. The third-order valence-corrected chi connectivity index (χ3v) is 5.37. The monoisotopic (exact) mass is 275 g/mol. The predicted octanol–water partition coefficient (Wildman–Crippen LogP) is 4.17. The number of aliphatic hydroxyl groups is 1. The average molecular weight is 275 g/mol. The van der Waals surface area contributed by atoms with E-state index in [2.05, 4.69) is 11.1 Å². The summed E-state index contributed by atoms with van der Waals surface area (Å²) in [6.45, 7) is 2.00. The first kappa shape index (κ1) is 13.1. The molecule has 0 bridgehead atoms. The molecule has 0 amide bonds. The average Bonchev–Trinajstić information content (AvgIpc) is 2.81. The van der Waals surface area contributed by atoms with Crippen LogP contribution in [0.4, 0.5) is 0 Å². The second kappa shape index (κ2) is 5.22. The lowest BCUT2D eigenvalue weighted by atomic mass is 9.76. The molecule has 0 saturated heterocycles. The van der Waals surface area contributed by atoms with Crippen molar-refractivity contribution in [3.8, 4) is 0 Å². The van der Waals surface area contributed by atoms with Crippen molar-refractivity contribution in [3.63, 3.8) is 0 Å². The fraction of sp³-hybridized carbons (Fsp3) is 0.562. The SMILES string of the molecule is CC(O)(Cc1nc2ccccc2s1)C1CCCCC1. The van der Waals surface area contributed by atoms with Crippen molar-refractivity contribution in [1.82, 2.24) is 4.98 Å². The van der Waals surface area contributed by atoms with E-state index >= 15 is 0 Å². The minimum atomic E-state index is -0.603. The fourth-order valence-corrected chi connectivity index (χ4v) is 4.30. The summed E-state index contributed by atoms with van der Waals surface area (Å²) in [7, 11) is 0. The van der Waals surface area contributed by atoms with Gasteiger partial charge in [-0.1, -0.05) is 31.4 Å². The van der Waals surface area contributed by atoms with Crippen molar-refractivity contribution in [1.29, 1.82) is 0 Å². The van der Waals surface area contributed by atoms with Crippen LogP contribution >= 0.6 is 11.3 Å². The van der Waals surface area contributed by atoms with Gasteiger partial charge in [0.25, 0.3) is 0 Å². The second-order valence-corrected chi connectivity index (χ2v) is 7.06. The molecule has 3 heteroatoms. The summed E-state index contributed by atoms with van der Waals surface area (Å²) in [5, 5.41) is 11.9. The van der Waals surface area contributed by atoms with Crippen LogP contribution in [0.15, 0.2) is 24.3 Å². The van der Waals surface area contributed by atoms with Gasteiger partial charge in [0.15, 0.2) is 0 Å². The molecule has 2 aromatic rings. The van der Waals surface area contributed by atoms with Gasteiger partial charge in [-0.25, -0.2) is 4.98 Å². The molecule has 1 atom stereocenters. The highest BCUT2D eigenvalue weighted by Crippen LogP contribution is 2.35. The first-order chi connectivity index (χ1) is 9.15. The number of para-hydroxylation sites is 1. The lowest BCUT2D eigenvalue weighted by Crippen LogP contribution is -2.38. The Bertz CT molecular complexity index is 522. The zero-order valence-corrected chi connectivity index (χ0v) is 12.2. The lowest BCUT2D eigenvalue weighted by molar-refractivity contribution is -0.0159. The highest BCUT2D eigenvalue weighted by Gasteiger charge is 2.33. The molecule has 19 heavy (non-hydrogen) atoms. The number of hydrogen-bond acceptors (Lipinski definition) is 3. The Morgan fingerprint density at radius 2 is 2.00 bits per heavy atom. The molecular formula is C16H21NOS. The first-order valence-corrected chi connectivity index (χ1v) is 8.04. The minimum absolute atomic E-state index is 0.438. The van der Waals surface area contributed by atoms with Gasteiger partial charge in [-0.15, -0.1) is 11.3 Å². The molecule has 1 saturated carbocycles. The van der Waals surface area contributed by atoms with Crippen LogP contribution in [0, 0.1) is 5.92 Å². The Labute approximate surface area is 118 Å². The number of fused-ring (bicyclic) bond motifs is 1. The lowest BCUT2D eigenvalue weighted by Gasteiger charge is -2.35. The largest absolute Gasteiger partial charge is 0.389 e. The van der Waals surface area contributed by atoms with Crippen LogP contribution in [-0.2, 0) is 6.42 Å². The van der Waals surface area contributed by atoms with Crippen LogP contribution in [0.25, 0.3) is 10.2 Å². The van der Waals surface area contributed by atoms with Crippen molar-refractivity contribution in [2.45, 2.75) is 51.0 Å². The Kier molecular flexibility index (Phi) is 3.59. The third-order valence-electron chi connectivity index (χ3n) is 4.33. The van der Waals surface area contributed by atoms with Crippen molar-refractivity contribution < 1.29 is 5.11 Å². The number of hydrogen-bond donors (Lipinski definition) is 1. The summed E-state index contributed by atoms with van der Waals surface area (Å²) in [6, 6.07) is 8.21. The van der Waals surface area contributed by atoms with E-state index in [-0.39, 0.29) is 0 Å². The van der Waals surface area contributed by atoms with Gasteiger partial charge in [0, 0.05) is 6.42 Å². The van der Waals surface area contributed by atoms with Crippen LogP contribution in [-0.4, -0.2) is 15.7 Å². The smallest absolute Gasteiger partial charge is 0.0967 e. The first-order valence-electron chi connectivity index (χ1n) is 7.22. The normalized spacial score (nSPS) is 20.5. The standard InChI is InChI=1S/C16H21NOS/c1-16(18,12-7-3-2-4-8-12)11-15-17-13-9-5-6-10-14(13)19-15/h5-6,9-10,12,18H,2-4,7-8,11H2,1H3. The fourth-order valence-electron chi connectivity index (χ4n) is 3.17. The quantitative estimate of drug-likeness (QED) is 0.912. The van der Waals surface area contributed by atoms with E-state index in [9.17, 15) is 5.11 Å². The summed E-state index contributed by atoms with van der Waals surface area (Å²) in [5.41, 5.74) is 0.454. The van der Waals surface area contributed by atoms with Gasteiger partial charge in [-0.3, -0.25) is 0 Å². The molecule has 1 aliphatic rings. The molecule has 1 aliphatic carbocycles. The number of rotatable bonds is 3. The second-order valence-electron chi connectivity index (χ2n) is 5.94. The highest BCUT2D eigenvalue weighted by molar-refractivity contribution is 7.18. The van der Waals surface area contributed by atoms with Crippen LogP contribution in [0.3, 0.4) is 0 Å². The molecule has 0 radical (unpaired) electrons. The van der Waals surface area contributed by atoms with E-state index < -0.39 is 5.60 Å². The zero-order chi connectivity index (χ0) is 13.3. The number of nitrogens with zero attached hydrogens (tertiary/aromatic N) is 1. The van der Waals surface area contributed by atoms with Crippen molar-refractivity contribution >= 4 is 21.6 Å². The van der Waals surface area contributed by atoms with Gasteiger partial charge in [-0.2, -0.15) is 0 Å². The molecule has 1 aromatic heterocycles. The maximum absolute atomic E-state index is 10.8. The summed E-state index contributed by atoms with van der Waals surface area (Å²) >= 11 is 1.72. The van der Waals surface area contributed by atoms with E-state index in [4.69, 9.17) is 0 Å². The molecule has 1 unspecified atom stereocenters. The number of benzene rings is 1. The van der Waals surface area contributed by atoms with Crippen LogP contribution < -0.4 is 0 Å². The maximum atomic E-state index is 10.8. The van der Waals surface area contributed by atoms with Crippen molar-refractivity contribution in [3.05, 3.63) is 29.3 Å². The van der Waals surface area contributed by atoms with Crippen molar-refractivity contribution in [2.75, 3.05) is 0 Å². The third kappa shape index (κ3) is 2.82. The topological polar surface area (TPSA) is 33.1 Å². The highest BCUT2D eigenvalue weighted by atomic mass is 32.1. The molecule has 3 rings (SSSR count). The number of thiazole rings is 1. The Hall–Kier alpha value is -0.930. The molecule has 102 valence electrons. The van der Waals surface area contributed by atoms with Crippen LogP contribution in [0.1, 0.15) is 44.0 Å². The van der Waals surface area contributed by atoms with E-state index in [1.54, 1.807) is 11.3 Å². The molecule has 1 heterocycles.